The second-order valence-corrected chi connectivity index (χ2v) is 7.09. The predicted octanol–water partition coefficient (Wildman–Crippen LogP) is 3.17. The van der Waals surface area contributed by atoms with Crippen molar-refractivity contribution in [2.75, 3.05) is 13.1 Å². The van der Waals surface area contributed by atoms with Crippen LogP contribution < -0.4 is 0 Å². The lowest BCUT2D eigenvalue weighted by molar-refractivity contribution is -0.139. The van der Waals surface area contributed by atoms with E-state index in [-0.39, 0.29) is 11.1 Å². The molecule has 0 aromatic carbocycles. The van der Waals surface area contributed by atoms with Crippen LogP contribution in [-0.2, 0) is 10.7 Å². The quantitative estimate of drug-likeness (QED) is 0.803. The molecule has 3 rings (SSSR count). The Morgan fingerprint density at radius 1 is 1.35 bits per heavy atom. The Bertz CT molecular complexity index is 555. The van der Waals surface area contributed by atoms with Crippen LogP contribution in [-0.4, -0.2) is 28.2 Å². The van der Waals surface area contributed by atoms with E-state index in [9.17, 15) is 13.6 Å². The van der Waals surface area contributed by atoms with Crippen LogP contribution in [0.15, 0.2) is 17.0 Å². The third-order valence-corrected chi connectivity index (χ3v) is 5.03. The van der Waals surface area contributed by atoms with E-state index >= 15 is 0 Å². The number of halogens is 2. The van der Waals surface area contributed by atoms with Crippen molar-refractivity contribution in [1.29, 1.82) is 0 Å². The zero-order valence-corrected chi connectivity index (χ0v) is 12.3. The maximum atomic E-state index is 13.2. The van der Waals surface area contributed by atoms with Gasteiger partial charge in [0.25, 0.3) is 5.92 Å². The molecule has 0 unspecified atom stereocenters. The summed E-state index contributed by atoms with van der Waals surface area (Å²) in [6.45, 7) is 4.40. The summed E-state index contributed by atoms with van der Waals surface area (Å²) in [4.78, 5) is 15.9. The number of hydrogen-bond acceptors (Lipinski definition) is 4. The van der Waals surface area contributed by atoms with Crippen molar-refractivity contribution >= 4 is 17.7 Å². The molecule has 1 aromatic heterocycles. The van der Waals surface area contributed by atoms with Crippen LogP contribution in [0.25, 0.3) is 0 Å². The lowest BCUT2D eigenvalue weighted by Crippen LogP contribution is -2.59. The molecule has 0 bridgehead atoms. The van der Waals surface area contributed by atoms with Crippen LogP contribution >= 0.6 is 11.9 Å². The number of pyridine rings is 1. The van der Waals surface area contributed by atoms with Gasteiger partial charge in [-0.2, -0.15) is 8.78 Å². The van der Waals surface area contributed by atoms with Crippen molar-refractivity contribution in [2.45, 2.75) is 37.5 Å². The van der Waals surface area contributed by atoms with Crippen LogP contribution in [0.3, 0.4) is 0 Å². The smallest absolute Gasteiger partial charge is 0.286 e. The zero-order chi connectivity index (χ0) is 14.5. The lowest BCUT2D eigenvalue weighted by Gasteiger charge is -2.54. The first-order valence-corrected chi connectivity index (χ1v) is 7.35. The molecule has 0 radical (unpaired) electrons. The summed E-state index contributed by atoms with van der Waals surface area (Å²) in [5.41, 5.74) is 0.644. The van der Waals surface area contributed by atoms with Gasteiger partial charge in [-0.15, -0.1) is 0 Å². The maximum absolute atomic E-state index is 13.2. The molecule has 0 N–H and O–H groups in total. The van der Waals surface area contributed by atoms with E-state index in [1.165, 1.54) is 6.07 Å². The van der Waals surface area contributed by atoms with Gasteiger partial charge < -0.3 is 0 Å². The summed E-state index contributed by atoms with van der Waals surface area (Å²) < 4.78 is 28.5. The van der Waals surface area contributed by atoms with Gasteiger partial charge in [0.15, 0.2) is 0 Å². The van der Waals surface area contributed by atoms with Crippen molar-refractivity contribution in [3.05, 3.63) is 23.5 Å². The Labute approximate surface area is 120 Å². The first kappa shape index (κ1) is 13.9. The Morgan fingerprint density at radius 2 is 2.00 bits per heavy atom. The second-order valence-electron chi connectivity index (χ2n) is 5.95. The number of aromatic nitrogens is 1. The van der Waals surface area contributed by atoms with Crippen molar-refractivity contribution in [3.63, 3.8) is 0 Å². The standard InChI is InChI=1S/C14H16F2N2OS/c1-9-11(3-4-12(17-9)13(2,15)16)20-18-7-14(8-18)5-10(19)6-14/h3-4H,5-8H2,1-2H3. The number of hydrogen-bond donors (Lipinski definition) is 0. The van der Waals surface area contributed by atoms with E-state index in [0.717, 1.165) is 24.9 Å². The molecule has 1 aliphatic heterocycles. The molecule has 1 aromatic rings. The summed E-state index contributed by atoms with van der Waals surface area (Å²) >= 11 is 1.54. The second kappa shape index (κ2) is 4.49. The molecule has 1 spiro atoms. The Morgan fingerprint density at radius 3 is 2.50 bits per heavy atom. The highest BCUT2D eigenvalue weighted by Gasteiger charge is 2.52. The van der Waals surface area contributed by atoms with Crippen LogP contribution in [0.5, 0.6) is 0 Å². The number of alkyl halides is 2. The van der Waals surface area contributed by atoms with Gasteiger partial charge in [-0.1, -0.05) is 0 Å². The fourth-order valence-corrected chi connectivity index (χ4v) is 4.06. The summed E-state index contributed by atoms with van der Waals surface area (Å²) in [5.74, 6) is -2.55. The minimum atomic E-state index is -2.90. The average Bonchev–Trinajstić information content (AvgIpc) is 2.25. The molecule has 2 aliphatic rings. The summed E-state index contributed by atoms with van der Waals surface area (Å²) in [6, 6.07) is 3.09. The molecule has 20 heavy (non-hydrogen) atoms. The molecule has 0 amide bonds. The molecule has 0 atom stereocenters. The van der Waals surface area contributed by atoms with E-state index in [1.807, 2.05) is 0 Å². The van der Waals surface area contributed by atoms with E-state index < -0.39 is 5.92 Å². The molecule has 6 heteroatoms. The first-order valence-electron chi connectivity index (χ1n) is 6.58. The van der Waals surface area contributed by atoms with Crippen LogP contribution in [0.1, 0.15) is 31.2 Å². The number of carbonyl (C=O) groups excluding carboxylic acids is 1. The number of rotatable bonds is 3. The predicted molar refractivity (Wildman–Crippen MR) is 72.6 cm³/mol. The van der Waals surface area contributed by atoms with E-state index in [1.54, 1.807) is 24.9 Å². The molecule has 1 saturated carbocycles. The number of nitrogens with zero attached hydrogens (tertiary/aromatic N) is 2. The van der Waals surface area contributed by atoms with Crippen molar-refractivity contribution in [2.24, 2.45) is 5.41 Å². The van der Waals surface area contributed by atoms with E-state index in [4.69, 9.17) is 0 Å². The van der Waals surface area contributed by atoms with Crippen LogP contribution in [0.4, 0.5) is 8.78 Å². The normalized spacial score (nSPS) is 21.7. The average molecular weight is 298 g/mol. The molecule has 108 valence electrons. The molecule has 3 nitrogen and oxygen atoms in total. The van der Waals surface area contributed by atoms with Crippen LogP contribution in [0.2, 0.25) is 0 Å². The van der Waals surface area contributed by atoms with Crippen molar-refractivity contribution in [1.82, 2.24) is 9.29 Å². The molecule has 1 saturated heterocycles. The van der Waals surface area contributed by atoms with Gasteiger partial charge in [0.1, 0.15) is 11.5 Å². The minimum Gasteiger partial charge on any atom is -0.300 e. The third-order valence-electron chi connectivity index (χ3n) is 3.88. The lowest BCUT2D eigenvalue weighted by atomic mass is 9.64. The molecule has 1 aliphatic carbocycles. The first-order chi connectivity index (χ1) is 9.27. The Kier molecular flexibility index (Phi) is 3.14. The SMILES string of the molecule is Cc1nc(C(C)(F)F)ccc1SN1CC2(CC(=O)C2)C1. The summed E-state index contributed by atoms with van der Waals surface area (Å²) in [5, 5.41) is 0. The highest BCUT2D eigenvalue weighted by Crippen LogP contribution is 2.49. The maximum Gasteiger partial charge on any atom is 0.286 e. The monoisotopic (exact) mass is 298 g/mol. The van der Waals surface area contributed by atoms with Gasteiger partial charge in [-0.25, -0.2) is 4.31 Å². The van der Waals surface area contributed by atoms with Crippen LogP contribution in [0, 0.1) is 12.3 Å². The number of ketones is 1. The summed E-state index contributed by atoms with van der Waals surface area (Å²) in [6.07, 6.45) is 1.39. The minimum absolute atomic E-state index is 0.191. The van der Waals surface area contributed by atoms with Gasteiger partial charge in [0.2, 0.25) is 0 Å². The van der Waals surface area contributed by atoms with Gasteiger partial charge in [-0.05, 0) is 31.0 Å². The van der Waals surface area contributed by atoms with E-state index in [0.29, 0.717) is 24.3 Å². The number of carbonyl (C=O) groups is 1. The van der Waals surface area contributed by atoms with Gasteiger partial charge >= 0.3 is 0 Å². The highest BCUT2D eigenvalue weighted by molar-refractivity contribution is 7.97. The Balaban J connectivity index is 1.63. The van der Waals surface area contributed by atoms with Gasteiger partial charge in [0.05, 0.1) is 5.69 Å². The fraction of sp³-hybridized carbons (Fsp3) is 0.571. The molecule has 2 fully saturated rings. The molecular weight excluding hydrogens is 282 g/mol. The van der Waals surface area contributed by atoms with E-state index in [2.05, 4.69) is 9.29 Å². The fourth-order valence-electron chi connectivity index (χ4n) is 2.80. The van der Waals surface area contributed by atoms with Crippen molar-refractivity contribution in [3.8, 4) is 0 Å². The third kappa shape index (κ3) is 2.46. The number of Topliss-reactive ketones (excluding diaryl/α,β-unsaturated/α-hetero) is 1. The molecular formula is C14H16F2N2OS. The number of aryl methyl sites for hydroxylation is 1. The van der Waals surface area contributed by atoms with Gasteiger partial charge in [0, 0.05) is 43.2 Å². The largest absolute Gasteiger partial charge is 0.300 e. The Hall–Kier alpha value is -1.01. The zero-order valence-electron chi connectivity index (χ0n) is 11.4. The highest BCUT2D eigenvalue weighted by atomic mass is 32.2. The summed E-state index contributed by atoms with van der Waals surface area (Å²) in [7, 11) is 0. The topological polar surface area (TPSA) is 33.2 Å². The van der Waals surface area contributed by atoms with Crippen molar-refractivity contribution < 1.29 is 13.6 Å². The van der Waals surface area contributed by atoms with Gasteiger partial charge in [-0.3, -0.25) is 9.78 Å². The molecule has 2 heterocycles.